The summed E-state index contributed by atoms with van der Waals surface area (Å²) in [6.07, 6.45) is 0.533. The largest absolute Gasteiger partial charge is 0.497 e. The van der Waals surface area contributed by atoms with Crippen LogP contribution < -0.4 is 15.4 Å². The molecule has 0 unspecified atom stereocenters. The molecule has 0 aliphatic rings. The predicted octanol–water partition coefficient (Wildman–Crippen LogP) is 3.44. The number of benzene rings is 2. The van der Waals surface area contributed by atoms with E-state index in [-0.39, 0.29) is 6.54 Å². The molecule has 0 atom stereocenters. The van der Waals surface area contributed by atoms with Crippen LogP contribution in [0.4, 0.5) is 18.9 Å². The zero-order chi connectivity index (χ0) is 20.9. The first kappa shape index (κ1) is 21.3. The molecule has 150 valence electrons. The van der Waals surface area contributed by atoms with Gasteiger partial charge in [-0.3, -0.25) is 9.59 Å². The molecule has 0 radical (unpaired) electrons. The maximum Gasteiger partial charge on any atom is 0.239 e. The molecule has 5 nitrogen and oxygen atoms in total. The summed E-state index contributed by atoms with van der Waals surface area (Å²) in [5, 5.41) is 4.77. The minimum absolute atomic E-state index is 0.279. The number of amides is 2. The van der Waals surface area contributed by atoms with Gasteiger partial charge in [-0.2, -0.15) is 0 Å². The van der Waals surface area contributed by atoms with E-state index >= 15 is 0 Å². The minimum atomic E-state index is -1.69. The van der Waals surface area contributed by atoms with Gasteiger partial charge in [0.25, 0.3) is 0 Å². The molecule has 0 heterocycles. The number of anilines is 1. The van der Waals surface area contributed by atoms with Crippen LogP contribution in [0.15, 0.2) is 36.4 Å². The minimum Gasteiger partial charge on any atom is -0.497 e. The monoisotopic (exact) mass is 394 g/mol. The number of carbonyl (C=O) groups excluding carboxylic acids is 2. The fourth-order valence-corrected chi connectivity index (χ4v) is 2.34. The molecule has 0 aromatic heterocycles. The van der Waals surface area contributed by atoms with Gasteiger partial charge in [0, 0.05) is 6.54 Å². The van der Waals surface area contributed by atoms with Crippen molar-refractivity contribution in [1.82, 2.24) is 5.32 Å². The van der Waals surface area contributed by atoms with E-state index in [0.29, 0.717) is 12.5 Å². The Labute approximate surface area is 160 Å². The Morgan fingerprint density at radius 1 is 0.964 bits per heavy atom. The normalized spacial score (nSPS) is 11.1. The smallest absolute Gasteiger partial charge is 0.239 e. The third kappa shape index (κ3) is 4.82. The molecule has 0 fully saturated rings. The van der Waals surface area contributed by atoms with Crippen LogP contribution in [0, 0.1) is 22.9 Å². The van der Waals surface area contributed by atoms with E-state index in [9.17, 15) is 22.8 Å². The van der Waals surface area contributed by atoms with Gasteiger partial charge in [-0.15, -0.1) is 0 Å². The molecule has 2 N–H and O–H groups in total. The number of hydrogen-bond donors (Lipinski definition) is 2. The van der Waals surface area contributed by atoms with Crippen LogP contribution >= 0.6 is 0 Å². The van der Waals surface area contributed by atoms with Crippen LogP contribution in [0.2, 0.25) is 0 Å². The van der Waals surface area contributed by atoms with Gasteiger partial charge in [0.1, 0.15) is 11.2 Å². The van der Waals surface area contributed by atoms with Gasteiger partial charge in [0.15, 0.2) is 17.5 Å². The van der Waals surface area contributed by atoms with Crippen LogP contribution in [0.1, 0.15) is 19.4 Å². The second-order valence-electron chi connectivity index (χ2n) is 6.66. The lowest BCUT2D eigenvalue weighted by Crippen LogP contribution is -2.45. The van der Waals surface area contributed by atoms with Crippen LogP contribution in [-0.2, 0) is 16.0 Å². The number of carbonyl (C=O) groups is 2. The topological polar surface area (TPSA) is 67.4 Å². The summed E-state index contributed by atoms with van der Waals surface area (Å²) in [5.41, 5.74) is -1.13. The molecule has 0 saturated carbocycles. The highest BCUT2D eigenvalue weighted by Gasteiger charge is 2.36. The molecular formula is C20H21F3N2O3. The molecule has 2 rings (SSSR count). The summed E-state index contributed by atoms with van der Waals surface area (Å²) < 4.78 is 45.1. The van der Waals surface area contributed by atoms with Crippen LogP contribution in [0.5, 0.6) is 5.75 Å². The number of nitrogens with one attached hydrogen (secondary N) is 2. The molecule has 2 aromatic rings. The molecule has 0 bridgehead atoms. The van der Waals surface area contributed by atoms with E-state index in [4.69, 9.17) is 4.74 Å². The zero-order valence-electron chi connectivity index (χ0n) is 15.7. The average molecular weight is 394 g/mol. The molecule has 2 amide bonds. The van der Waals surface area contributed by atoms with Crippen molar-refractivity contribution in [3.8, 4) is 5.75 Å². The molecule has 0 aliphatic carbocycles. The first-order chi connectivity index (χ1) is 13.2. The quantitative estimate of drug-likeness (QED) is 0.559. The van der Waals surface area contributed by atoms with E-state index in [2.05, 4.69) is 10.6 Å². The van der Waals surface area contributed by atoms with E-state index in [1.807, 2.05) is 12.1 Å². The molecule has 0 saturated heterocycles. The molecule has 8 heteroatoms. The fraction of sp³-hybridized carbons (Fsp3) is 0.300. The highest BCUT2D eigenvalue weighted by molar-refractivity contribution is 6.09. The molecule has 0 spiro atoms. The summed E-state index contributed by atoms with van der Waals surface area (Å²) in [4.78, 5) is 24.7. The summed E-state index contributed by atoms with van der Waals surface area (Å²) in [5.74, 6) is -5.30. The van der Waals surface area contributed by atoms with Crippen molar-refractivity contribution in [2.75, 3.05) is 19.0 Å². The summed E-state index contributed by atoms with van der Waals surface area (Å²) in [6.45, 7) is 2.98. The van der Waals surface area contributed by atoms with Gasteiger partial charge in [-0.05, 0) is 50.1 Å². The highest BCUT2D eigenvalue weighted by atomic mass is 19.2. The Kier molecular flexibility index (Phi) is 6.66. The fourth-order valence-electron chi connectivity index (χ4n) is 2.34. The van der Waals surface area contributed by atoms with Gasteiger partial charge in [0.05, 0.1) is 12.8 Å². The van der Waals surface area contributed by atoms with Gasteiger partial charge >= 0.3 is 0 Å². The second kappa shape index (κ2) is 8.77. The Morgan fingerprint density at radius 2 is 1.61 bits per heavy atom. The summed E-state index contributed by atoms with van der Waals surface area (Å²) in [7, 11) is 1.56. The van der Waals surface area contributed by atoms with Crippen molar-refractivity contribution in [3.05, 3.63) is 59.4 Å². The SMILES string of the molecule is COc1ccc(CCNC(=O)C(C)(C)C(=O)Nc2ccc(F)c(F)c2F)cc1. The highest BCUT2D eigenvalue weighted by Crippen LogP contribution is 2.23. The Bertz CT molecular complexity index is 868. The Morgan fingerprint density at radius 3 is 2.21 bits per heavy atom. The van der Waals surface area contributed by atoms with E-state index < -0.39 is 40.4 Å². The van der Waals surface area contributed by atoms with Crippen molar-refractivity contribution in [2.45, 2.75) is 20.3 Å². The van der Waals surface area contributed by atoms with Crippen LogP contribution in [0.3, 0.4) is 0 Å². The zero-order valence-corrected chi connectivity index (χ0v) is 15.7. The van der Waals surface area contributed by atoms with Crippen molar-refractivity contribution < 1.29 is 27.5 Å². The van der Waals surface area contributed by atoms with E-state index in [1.54, 1.807) is 19.2 Å². The summed E-state index contributed by atoms with van der Waals surface area (Å²) >= 11 is 0. The number of methoxy groups -OCH3 is 1. The van der Waals surface area contributed by atoms with E-state index in [0.717, 1.165) is 17.4 Å². The maximum atomic E-state index is 13.7. The first-order valence-electron chi connectivity index (χ1n) is 8.53. The molecule has 0 aliphatic heterocycles. The van der Waals surface area contributed by atoms with Gasteiger partial charge < -0.3 is 15.4 Å². The third-order valence-electron chi connectivity index (χ3n) is 4.28. The summed E-state index contributed by atoms with van der Waals surface area (Å²) in [6, 6.07) is 8.89. The van der Waals surface area contributed by atoms with E-state index in [1.165, 1.54) is 13.8 Å². The lowest BCUT2D eigenvalue weighted by Gasteiger charge is -2.23. The third-order valence-corrected chi connectivity index (χ3v) is 4.28. The lowest BCUT2D eigenvalue weighted by atomic mass is 9.90. The average Bonchev–Trinajstić information content (AvgIpc) is 2.68. The van der Waals surface area contributed by atoms with Crippen LogP contribution in [-0.4, -0.2) is 25.5 Å². The Balaban J connectivity index is 1.95. The van der Waals surface area contributed by atoms with Gasteiger partial charge in [-0.1, -0.05) is 12.1 Å². The molecular weight excluding hydrogens is 373 g/mol. The first-order valence-corrected chi connectivity index (χ1v) is 8.53. The van der Waals surface area contributed by atoms with Gasteiger partial charge in [-0.25, -0.2) is 13.2 Å². The maximum absolute atomic E-state index is 13.7. The molecule has 28 heavy (non-hydrogen) atoms. The van der Waals surface area contributed by atoms with Crippen LogP contribution in [0.25, 0.3) is 0 Å². The number of hydrogen-bond acceptors (Lipinski definition) is 3. The molecule has 2 aromatic carbocycles. The predicted molar refractivity (Wildman–Crippen MR) is 98.4 cm³/mol. The number of rotatable bonds is 7. The lowest BCUT2D eigenvalue weighted by molar-refractivity contribution is -0.138. The Hall–Kier alpha value is -3.03. The van der Waals surface area contributed by atoms with Gasteiger partial charge in [0.2, 0.25) is 11.8 Å². The number of ether oxygens (including phenoxy) is 1. The van der Waals surface area contributed by atoms with Crippen molar-refractivity contribution in [2.24, 2.45) is 5.41 Å². The van der Waals surface area contributed by atoms with Crippen molar-refractivity contribution >= 4 is 17.5 Å². The second-order valence-corrected chi connectivity index (χ2v) is 6.66. The number of halogens is 3. The standard InChI is InChI=1S/C20H21F3N2O3/c1-20(2,19(27)25-15-9-8-14(21)16(22)17(15)23)18(26)24-11-10-12-4-6-13(28-3)7-5-12/h4-9H,10-11H2,1-3H3,(H,24,26)(H,25,27). The van der Waals surface area contributed by atoms with Crippen molar-refractivity contribution in [1.29, 1.82) is 0 Å². The van der Waals surface area contributed by atoms with Crippen molar-refractivity contribution in [3.63, 3.8) is 0 Å².